The molecule has 2 unspecified atom stereocenters. The van der Waals surface area contributed by atoms with E-state index in [-0.39, 0.29) is 31.1 Å². The summed E-state index contributed by atoms with van der Waals surface area (Å²) in [5, 5.41) is 0. The number of carbonyl (C=O) groups is 3. The minimum absolute atomic E-state index is 0.0629. The van der Waals surface area contributed by atoms with Crippen LogP contribution in [-0.2, 0) is 28.6 Å². The molecule has 3 atom stereocenters. The van der Waals surface area contributed by atoms with Crippen LogP contribution in [0.2, 0.25) is 0 Å². The van der Waals surface area contributed by atoms with Crippen LogP contribution in [0.25, 0.3) is 0 Å². The largest absolute Gasteiger partial charge is 0.462 e. The van der Waals surface area contributed by atoms with Gasteiger partial charge in [0.05, 0.1) is 0 Å². The van der Waals surface area contributed by atoms with Crippen LogP contribution in [0.5, 0.6) is 0 Å². The topological polar surface area (TPSA) is 78.9 Å². The molecule has 0 aliphatic carbocycles. The molecule has 0 aliphatic heterocycles. The van der Waals surface area contributed by atoms with Crippen molar-refractivity contribution in [2.24, 2.45) is 11.8 Å². The van der Waals surface area contributed by atoms with E-state index in [1.54, 1.807) is 0 Å². The maximum absolute atomic E-state index is 12.8. The summed E-state index contributed by atoms with van der Waals surface area (Å²) in [7, 11) is 0. The van der Waals surface area contributed by atoms with Gasteiger partial charge < -0.3 is 14.2 Å². The first kappa shape index (κ1) is 61.4. The number of carbonyl (C=O) groups excluding carboxylic acids is 3. The molecule has 0 aromatic carbocycles. The molecule has 0 rings (SSSR count). The van der Waals surface area contributed by atoms with Gasteiger partial charge in [0.15, 0.2) is 6.10 Å². The second-order valence-electron chi connectivity index (χ2n) is 20.1. The van der Waals surface area contributed by atoms with E-state index >= 15 is 0 Å². The monoisotopic (exact) mass is 891 g/mol. The SMILES string of the molecule is CCCCCCCCCCCCCCCC(=O)OC[C@@H](COC(=O)CCCCCCCCCCCCC(C)CC)OC(=O)CCCCCCCCCCCCCCCCC(C)CC. The summed E-state index contributed by atoms with van der Waals surface area (Å²) in [5.41, 5.74) is 0. The third kappa shape index (κ3) is 48.2. The van der Waals surface area contributed by atoms with Crippen LogP contribution >= 0.6 is 0 Å². The van der Waals surface area contributed by atoms with E-state index in [0.29, 0.717) is 19.3 Å². The Kier molecular flexibility index (Phi) is 48.6. The van der Waals surface area contributed by atoms with Crippen LogP contribution in [0.3, 0.4) is 0 Å². The molecule has 0 radical (unpaired) electrons. The van der Waals surface area contributed by atoms with Gasteiger partial charge in [0.25, 0.3) is 0 Å². The van der Waals surface area contributed by atoms with Crippen molar-refractivity contribution in [3.05, 3.63) is 0 Å². The fourth-order valence-electron chi connectivity index (χ4n) is 8.63. The second kappa shape index (κ2) is 49.8. The van der Waals surface area contributed by atoms with Gasteiger partial charge in [-0.15, -0.1) is 0 Å². The van der Waals surface area contributed by atoms with E-state index in [1.807, 2.05) is 0 Å². The highest BCUT2D eigenvalue weighted by Crippen LogP contribution is 2.19. The summed E-state index contributed by atoms with van der Waals surface area (Å²) >= 11 is 0. The van der Waals surface area contributed by atoms with Crippen LogP contribution in [0.4, 0.5) is 0 Å². The fourth-order valence-corrected chi connectivity index (χ4v) is 8.63. The Balaban J connectivity index is 4.31. The van der Waals surface area contributed by atoms with E-state index in [4.69, 9.17) is 14.2 Å². The van der Waals surface area contributed by atoms with Gasteiger partial charge in [0.1, 0.15) is 13.2 Å². The van der Waals surface area contributed by atoms with Crippen molar-refractivity contribution in [2.45, 2.75) is 323 Å². The molecule has 374 valence electrons. The number of hydrogen-bond donors (Lipinski definition) is 0. The van der Waals surface area contributed by atoms with Crippen LogP contribution in [0.15, 0.2) is 0 Å². The summed E-state index contributed by atoms with van der Waals surface area (Å²) in [6.45, 7) is 11.5. The Morgan fingerprint density at radius 2 is 0.556 bits per heavy atom. The van der Waals surface area contributed by atoms with Gasteiger partial charge in [-0.3, -0.25) is 14.4 Å². The lowest BCUT2D eigenvalue weighted by Gasteiger charge is -2.18. The van der Waals surface area contributed by atoms with Crippen molar-refractivity contribution in [3.63, 3.8) is 0 Å². The molecule has 0 saturated heterocycles. The van der Waals surface area contributed by atoms with Crippen LogP contribution in [0.1, 0.15) is 317 Å². The summed E-state index contributed by atoms with van der Waals surface area (Å²) < 4.78 is 16.9. The third-order valence-corrected chi connectivity index (χ3v) is 13.7. The number of rotatable bonds is 51. The lowest BCUT2D eigenvalue weighted by atomic mass is 9.99. The van der Waals surface area contributed by atoms with Gasteiger partial charge >= 0.3 is 17.9 Å². The molecular weight excluding hydrogens is 781 g/mol. The van der Waals surface area contributed by atoms with E-state index in [1.165, 1.54) is 205 Å². The zero-order chi connectivity index (χ0) is 46.1. The predicted molar refractivity (Wildman–Crippen MR) is 270 cm³/mol. The van der Waals surface area contributed by atoms with Gasteiger partial charge in [0.2, 0.25) is 0 Å². The maximum atomic E-state index is 12.8. The van der Waals surface area contributed by atoms with Crippen molar-refractivity contribution >= 4 is 17.9 Å². The molecule has 0 aliphatic rings. The highest BCUT2D eigenvalue weighted by molar-refractivity contribution is 5.71. The van der Waals surface area contributed by atoms with Crippen molar-refractivity contribution in [3.8, 4) is 0 Å². The molecule has 0 aromatic rings. The minimum atomic E-state index is -0.762. The highest BCUT2D eigenvalue weighted by Gasteiger charge is 2.19. The second-order valence-corrected chi connectivity index (χ2v) is 20.1. The lowest BCUT2D eigenvalue weighted by molar-refractivity contribution is -0.167. The Bertz CT molecular complexity index is 966. The third-order valence-electron chi connectivity index (χ3n) is 13.7. The molecule has 63 heavy (non-hydrogen) atoms. The average molecular weight is 892 g/mol. The molecule has 6 heteroatoms. The zero-order valence-electron chi connectivity index (χ0n) is 43.2. The summed E-state index contributed by atoms with van der Waals surface area (Å²) in [5.74, 6) is 0.923. The summed E-state index contributed by atoms with van der Waals surface area (Å²) in [6.07, 6.45) is 52.2. The molecule has 0 bridgehead atoms. The predicted octanol–water partition coefficient (Wildman–Crippen LogP) is 18.5. The van der Waals surface area contributed by atoms with E-state index in [2.05, 4.69) is 34.6 Å². The van der Waals surface area contributed by atoms with Crippen LogP contribution in [-0.4, -0.2) is 37.2 Å². The standard InChI is InChI=1S/C57H110O6/c1-6-9-10-11-12-13-14-17-21-27-32-37-42-47-55(58)61-50-54(51-62-56(59)48-43-38-33-28-24-23-26-31-36-41-46-53(5)8-3)63-57(60)49-44-39-34-29-22-19-16-15-18-20-25-30-35-40-45-52(4)7-2/h52-54H,6-51H2,1-5H3/t52?,53?,54-/m0/s1. The van der Waals surface area contributed by atoms with Crippen LogP contribution < -0.4 is 0 Å². The lowest BCUT2D eigenvalue weighted by Crippen LogP contribution is -2.30. The van der Waals surface area contributed by atoms with Gasteiger partial charge in [-0.05, 0) is 31.1 Å². The molecule has 0 spiro atoms. The minimum Gasteiger partial charge on any atom is -0.462 e. The van der Waals surface area contributed by atoms with Crippen LogP contribution in [0, 0.1) is 11.8 Å². The fraction of sp³-hybridized carbons (Fsp3) is 0.947. The summed E-state index contributed by atoms with van der Waals surface area (Å²) in [6, 6.07) is 0. The van der Waals surface area contributed by atoms with Gasteiger partial charge in [-0.1, -0.05) is 279 Å². The Labute approximate surface area is 393 Å². The first-order valence-corrected chi connectivity index (χ1v) is 28.3. The normalized spacial score (nSPS) is 12.9. The molecule has 0 fully saturated rings. The van der Waals surface area contributed by atoms with Gasteiger partial charge in [-0.2, -0.15) is 0 Å². The molecular formula is C57H110O6. The van der Waals surface area contributed by atoms with E-state index in [9.17, 15) is 14.4 Å². The first-order chi connectivity index (χ1) is 30.8. The molecule has 0 N–H and O–H groups in total. The Morgan fingerprint density at radius 3 is 0.825 bits per heavy atom. The summed E-state index contributed by atoms with van der Waals surface area (Å²) in [4.78, 5) is 38.1. The molecule has 0 heterocycles. The highest BCUT2D eigenvalue weighted by atomic mass is 16.6. The zero-order valence-corrected chi connectivity index (χ0v) is 43.2. The van der Waals surface area contributed by atoms with Gasteiger partial charge in [0, 0.05) is 19.3 Å². The molecule has 0 aromatic heterocycles. The quantitative estimate of drug-likeness (QED) is 0.0344. The van der Waals surface area contributed by atoms with Crippen molar-refractivity contribution in [2.75, 3.05) is 13.2 Å². The smallest absolute Gasteiger partial charge is 0.306 e. The van der Waals surface area contributed by atoms with E-state index < -0.39 is 6.10 Å². The number of esters is 3. The average Bonchev–Trinajstić information content (AvgIpc) is 3.28. The molecule has 0 amide bonds. The number of unbranched alkanes of at least 4 members (excludes halogenated alkanes) is 34. The number of ether oxygens (including phenoxy) is 3. The molecule has 6 nitrogen and oxygen atoms in total. The first-order valence-electron chi connectivity index (χ1n) is 28.3. The Hall–Kier alpha value is -1.59. The van der Waals surface area contributed by atoms with Crippen molar-refractivity contribution < 1.29 is 28.6 Å². The van der Waals surface area contributed by atoms with Crippen molar-refractivity contribution in [1.82, 2.24) is 0 Å². The number of hydrogen-bond acceptors (Lipinski definition) is 6. The maximum Gasteiger partial charge on any atom is 0.306 e. The Morgan fingerprint density at radius 1 is 0.317 bits per heavy atom. The van der Waals surface area contributed by atoms with Gasteiger partial charge in [-0.25, -0.2) is 0 Å². The van der Waals surface area contributed by atoms with E-state index in [0.717, 1.165) is 69.6 Å². The van der Waals surface area contributed by atoms with Crippen molar-refractivity contribution in [1.29, 1.82) is 0 Å². The molecule has 0 saturated carbocycles.